The maximum Gasteiger partial charge on any atom is 0.228 e. The van der Waals surface area contributed by atoms with Crippen molar-refractivity contribution in [2.45, 2.75) is 12.8 Å². The van der Waals surface area contributed by atoms with Gasteiger partial charge in [0.25, 0.3) is 0 Å². The van der Waals surface area contributed by atoms with E-state index in [-0.39, 0.29) is 5.91 Å². The molecule has 0 unspecified atom stereocenters. The summed E-state index contributed by atoms with van der Waals surface area (Å²) in [6.45, 7) is 0.580. The maximum atomic E-state index is 12.0. The number of ether oxygens (including phenoxy) is 1. The zero-order valence-corrected chi connectivity index (χ0v) is 12.3. The van der Waals surface area contributed by atoms with E-state index in [1.165, 1.54) is 16.2 Å². The van der Waals surface area contributed by atoms with Crippen LogP contribution in [-0.4, -0.2) is 41.9 Å². The molecule has 0 aliphatic rings. The first kappa shape index (κ1) is 14.5. The quantitative estimate of drug-likeness (QED) is 0.762. The van der Waals surface area contributed by atoms with Crippen molar-refractivity contribution in [2.75, 3.05) is 25.7 Å². The first-order chi connectivity index (χ1) is 9.72. The van der Waals surface area contributed by atoms with Crippen LogP contribution in [0.2, 0.25) is 0 Å². The van der Waals surface area contributed by atoms with Crippen molar-refractivity contribution >= 4 is 22.4 Å². The van der Waals surface area contributed by atoms with E-state index in [4.69, 9.17) is 4.74 Å². The van der Waals surface area contributed by atoms with E-state index in [0.29, 0.717) is 24.6 Å². The van der Waals surface area contributed by atoms with Crippen LogP contribution in [0, 0.1) is 0 Å². The standard InChI is InChI=1S/C13H16N4O2S/c1-17(11(18)6-4-8-19-2)13-16-15-12(20-13)10-5-3-7-14-9-10/h3,5,7,9H,4,6,8H2,1-2H3. The lowest BCUT2D eigenvalue weighted by molar-refractivity contribution is -0.118. The maximum absolute atomic E-state index is 12.0. The van der Waals surface area contributed by atoms with Crippen molar-refractivity contribution in [3.63, 3.8) is 0 Å². The summed E-state index contributed by atoms with van der Waals surface area (Å²) in [5, 5.41) is 9.50. The Hall–Kier alpha value is -1.86. The molecule has 0 atom stereocenters. The Labute approximate surface area is 121 Å². The van der Waals surface area contributed by atoms with Gasteiger partial charge in [-0.3, -0.25) is 14.7 Å². The van der Waals surface area contributed by atoms with Gasteiger partial charge >= 0.3 is 0 Å². The molecule has 0 aromatic carbocycles. The number of carbonyl (C=O) groups excluding carboxylic acids is 1. The Morgan fingerprint density at radius 1 is 1.45 bits per heavy atom. The number of methoxy groups -OCH3 is 1. The second-order valence-electron chi connectivity index (χ2n) is 4.18. The second kappa shape index (κ2) is 7.06. The van der Waals surface area contributed by atoms with Crippen LogP contribution in [0.4, 0.5) is 5.13 Å². The lowest BCUT2D eigenvalue weighted by Gasteiger charge is -2.12. The van der Waals surface area contributed by atoms with E-state index in [0.717, 1.165) is 10.6 Å². The smallest absolute Gasteiger partial charge is 0.228 e. The molecule has 0 aliphatic carbocycles. The molecule has 2 heterocycles. The molecule has 0 fully saturated rings. The predicted octanol–water partition coefficient (Wildman–Crippen LogP) is 1.99. The molecule has 2 aromatic heterocycles. The van der Waals surface area contributed by atoms with Crippen molar-refractivity contribution in [3.8, 4) is 10.6 Å². The largest absolute Gasteiger partial charge is 0.385 e. The number of aromatic nitrogens is 3. The van der Waals surface area contributed by atoms with Gasteiger partial charge in [-0.25, -0.2) is 0 Å². The van der Waals surface area contributed by atoms with Crippen molar-refractivity contribution < 1.29 is 9.53 Å². The fourth-order valence-electron chi connectivity index (χ4n) is 1.60. The van der Waals surface area contributed by atoms with Gasteiger partial charge in [-0.2, -0.15) is 0 Å². The van der Waals surface area contributed by atoms with Crippen LogP contribution in [0.3, 0.4) is 0 Å². The number of pyridine rings is 1. The Morgan fingerprint density at radius 2 is 2.30 bits per heavy atom. The van der Waals surface area contributed by atoms with Crippen LogP contribution >= 0.6 is 11.3 Å². The summed E-state index contributed by atoms with van der Waals surface area (Å²) in [5.74, 6) is 0.0101. The Balaban J connectivity index is 2.03. The molecule has 6 nitrogen and oxygen atoms in total. The van der Waals surface area contributed by atoms with E-state index < -0.39 is 0 Å². The van der Waals surface area contributed by atoms with Gasteiger partial charge in [0.05, 0.1) is 0 Å². The fraction of sp³-hybridized carbons (Fsp3) is 0.385. The average Bonchev–Trinajstić information content (AvgIpc) is 2.97. The van der Waals surface area contributed by atoms with Crippen LogP contribution in [0.15, 0.2) is 24.5 Å². The minimum Gasteiger partial charge on any atom is -0.385 e. The number of hydrogen-bond acceptors (Lipinski definition) is 6. The summed E-state index contributed by atoms with van der Waals surface area (Å²) in [6, 6.07) is 3.76. The highest BCUT2D eigenvalue weighted by Crippen LogP contribution is 2.27. The average molecular weight is 292 g/mol. The molecule has 0 radical (unpaired) electrons. The molecule has 0 saturated heterocycles. The molecule has 2 rings (SSSR count). The summed E-state index contributed by atoms with van der Waals surface area (Å²) in [4.78, 5) is 17.5. The predicted molar refractivity (Wildman–Crippen MR) is 77.7 cm³/mol. The lowest BCUT2D eigenvalue weighted by atomic mass is 10.3. The molecule has 20 heavy (non-hydrogen) atoms. The zero-order chi connectivity index (χ0) is 14.4. The number of anilines is 1. The first-order valence-electron chi connectivity index (χ1n) is 6.21. The van der Waals surface area contributed by atoms with Gasteiger partial charge in [-0.15, -0.1) is 10.2 Å². The van der Waals surface area contributed by atoms with E-state index in [1.807, 2.05) is 12.1 Å². The van der Waals surface area contributed by atoms with Gasteiger partial charge in [0.15, 0.2) is 5.01 Å². The van der Waals surface area contributed by atoms with Crippen LogP contribution in [-0.2, 0) is 9.53 Å². The normalized spacial score (nSPS) is 10.5. The van der Waals surface area contributed by atoms with Crippen molar-refractivity contribution in [1.82, 2.24) is 15.2 Å². The van der Waals surface area contributed by atoms with Crippen molar-refractivity contribution in [3.05, 3.63) is 24.5 Å². The zero-order valence-electron chi connectivity index (χ0n) is 11.4. The van der Waals surface area contributed by atoms with Crippen LogP contribution in [0.25, 0.3) is 10.6 Å². The summed E-state index contributed by atoms with van der Waals surface area (Å²) in [6.07, 6.45) is 4.57. The summed E-state index contributed by atoms with van der Waals surface area (Å²) in [5.41, 5.74) is 0.900. The molecular formula is C13H16N4O2S. The highest BCUT2D eigenvalue weighted by molar-refractivity contribution is 7.18. The number of carbonyl (C=O) groups is 1. The highest BCUT2D eigenvalue weighted by atomic mass is 32.1. The van der Waals surface area contributed by atoms with Crippen LogP contribution < -0.4 is 4.90 Å². The molecule has 7 heteroatoms. The third-order valence-electron chi connectivity index (χ3n) is 2.72. The fourth-order valence-corrected chi connectivity index (χ4v) is 2.41. The van der Waals surface area contributed by atoms with E-state index >= 15 is 0 Å². The molecule has 0 bridgehead atoms. The summed E-state index contributed by atoms with van der Waals surface area (Å²) >= 11 is 1.37. The van der Waals surface area contributed by atoms with Gasteiger partial charge in [0, 0.05) is 45.1 Å². The highest BCUT2D eigenvalue weighted by Gasteiger charge is 2.16. The van der Waals surface area contributed by atoms with Gasteiger partial charge in [-0.1, -0.05) is 11.3 Å². The number of nitrogens with zero attached hydrogens (tertiary/aromatic N) is 4. The number of amides is 1. The second-order valence-corrected chi connectivity index (χ2v) is 5.14. The van der Waals surface area contributed by atoms with Crippen molar-refractivity contribution in [1.29, 1.82) is 0 Å². The molecule has 106 valence electrons. The van der Waals surface area contributed by atoms with Gasteiger partial charge < -0.3 is 4.74 Å². The third kappa shape index (κ3) is 3.58. The van der Waals surface area contributed by atoms with Gasteiger partial charge in [0.1, 0.15) is 0 Å². The monoisotopic (exact) mass is 292 g/mol. The Bertz CT molecular complexity index is 559. The molecule has 0 N–H and O–H groups in total. The number of rotatable bonds is 6. The minimum absolute atomic E-state index is 0.0101. The summed E-state index contributed by atoms with van der Waals surface area (Å²) in [7, 11) is 3.34. The summed E-state index contributed by atoms with van der Waals surface area (Å²) < 4.78 is 4.94. The molecule has 0 spiro atoms. The lowest BCUT2D eigenvalue weighted by Crippen LogP contribution is -2.26. The number of hydrogen-bond donors (Lipinski definition) is 0. The minimum atomic E-state index is 0.0101. The molecule has 1 amide bonds. The molecule has 0 aliphatic heterocycles. The first-order valence-corrected chi connectivity index (χ1v) is 7.03. The molecule has 2 aromatic rings. The van der Waals surface area contributed by atoms with E-state index in [1.54, 1.807) is 26.6 Å². The van der Waals surface area contributed by atoms with E-state index in [2.05, 4.69) is 15.2 Å². The topological polar surface area (TPSA) is 68.2 Å². The Morgan fingerprint density at radius 3 is 3.00 bits per heavy atom. The third-order valence-corrected chi connectivity index (χ3v) is 3.77. The molecule has 0 saturated carbocycles. The molecular weight excluding hydrogens is 276 g/mol. The van der Waals surface area contributed by atoms with Gasteiger partial charge in [-0.05, 0) is 18.6 Å². The SMILES string of the molecule is COCCCC(=O)N(C)c1nnc(-c2cccnc2)s1. The van der Waals surface area contributed by atoms with Gasteiger partial charge in [0.2, 0.25) is 11.0 Å². The van der Waals surface area contributed by atoms with E-state index in [9.17, 15) is 4.79 Å². The van der Waals surface area contributed by atoms with Crippen molar-refractivity contribution in [2.24, 2.45) is 0 Å². The Kier molecular flexibility index (Phi) is 5.14. The van der Waals surface area contributed by atoms with Crippen LogP contribution in [0.1, 0.15) is 12.8 Å². The van der Waals surface area contributed by atoms with Crippen LogP contribution in [0.5, 0.6) is 0 Å².